The number of carbonyl (C=O) groups excluding carboxylic acids is 1. The number of rotatable bonds is 2. The molecule has 0 spiro atoms. The fourth-order valence-corrected chi connectivity index (χ4v) is 4.04. The summed E-state index contributed by atoms with van der Waals surface area (Å²) in [6, 6.07) is 7.75. The van der Waals surface area contributed by atoms with Crippen molar-refractivity contribution in [3.05, 3.63) is 51.2 Å². The van der Waals surface area contributed by atoms with E-state index in [1.807, 2.05) is 24.3 Å². The number of benzene rings is 1. The molecule has 0 aliphatic carbocycles. The lowest BCUT2D eigenvalue weighted by Crippen LogP contribution is -1.82. The van der Waals surface area contributed by atoms with Crippen molar-refractivity contribution < 1.29 is 4.79 Å². The molecule has 0 radical (unpaired) electrons. The zero-order chi connectivity index (χ0) is 9.97. The normalized spacial score (nSPS) is 22.1. The van der Waals surface area contributed by atoms with Crippen LogP contribution >= 0.6 is 26.8 Å². The predicted molar refractivity (Wildman–Crippen MR) is 65.2 cm³/mol. The number of hydrogen-bond donors (Lipinski definition) is 1. The van der Waals surface area contributed by atoms with Crippen LogP contribution in [0.3, 0.4) is 0 Å². The lowest BCUT2D eigenvalue weighted by molar-refractivity contribution is 0.112. The second-order valence-electron chi connectivity index (χ2n) is 2.91. The Hall–Kier alpha value is -0.800. The van der Waals surface area contributed by atoms with E-state index in [1.165, 1.54) is 8.71 Å². The van der Waals surface area contributed by atoms with Gasteiger partial charge in [0.25, 0.3) is 0 Å². The molecule has 0 saturated carbocycles. The minimum absolute atomic E-state index is 0.385. The van der Waals surface area contributed by atoms with Crippen molar-refractivity contribution in [3.63, 3.8) is 0 Å². The molecule has 0 bridgehead atoms. The van der Waals surface area contributed by atoms with Crippen LogP contribution in [0, 0.1) is 0 Å². The van der Waals surface area contributed by atoms with E-state index in [9.17, 15) is 4.79 Å². The smallest absolute Gasteiger partial charge is 0.150 e. The fourth-order valence-electron chi connectivity index (χ4n) is 1.32. The first-order valence-corrected chi connectivity index (χ1v) is 6.40. The fraction of sp³-hybridized carbons (Fsp3) is 0. The first kappa shape index (κ1) is 9.74. The van der Waals surface area contributed by atoms with Gasteiger partial charge in [0.15, 0.2) is 0 Å². The number of aldehydes is 1. The number of hydrogen-bond acceptors (Lipinski definition) is 1. The Bertz CT molecular complexity index is 423. The van der Waals surface area contributed by atoms with Crippen LogP contribution in [0.5, 0.6) is 0 Å². The molecule has 1 atom stereocenters. The van der Waals surface area contributed by atoms with E-state index < -0.39 is 0 Å². The Morgan fingerprint density at radius 3 is 2.86 bits per heavy atom. The molecule has 0 amide bonds. The van der Waals surface area contributed by atoms with E-state index in [-0.39, 0.29) is 10.9 Å². The molecule has 1 aromatic carbocycles. The van der Waals surface area contributed by atoms with Crippen molar-refractivity contribution in [3.8, 4) is 0 Å². The van der Waals surface area contributed by atoms with Gasteiger partial charge in [-0.25, -0.2) is 0 Å². The highest BCUT2D eigenvalue weighted by Gasteiger charge is 2.10. The molecule has 1 unspecified atom stereocenters. The Labute approximate surface area is 94.0 Å². The van der Waals surface area contributed by atoms with Gasteiger partial charge in [0.05, 0.1) is 0 Å². The monoisotopic (exact) mass is 268 g/mol. The summed E-state index contributed by atoms with van der Waals surface area (Å²) in [5, 5.41) is 2.17. The first-order valence-electron chi connectivity index (χ1n) is 4.20. The zero-order valence-electron chi connectivity index (χ0n) is 7.35. The maximum absolute atomic E-state index is 10.6. The Morgan fingerprint density at radius 1 is 1.36 bits per heavy atom. The van der Waals surface area contributed by atoms with E-state index in [2.05, 4.69) is 33.5 Å². The van der Waals surface area contributed by atoms with Crippen molar-refractivity contribution in [1.29, 1.82) is 0 Å². The molecule has 0 N–H and O–H groups in total. The van der Waals surface area contributed by atoms with Crippen LogP contribution in [0.2, 0.25) is 0 Å². The largest absolute Gasteiger partial charge is 0.298 e. The molecule has 1 heterocycles. The summed E-state index contributed by atoms with van der Waals surface area (Å²) in [6.07, 6.45) is 4.99. The van der Waals surface area contributed by atoms with Gasteiger partial charge in [-0.3, -0.25) is 4.79 Å². The lowest BCUT2D eigenvalue weighted by Gasteiger charge is -2.13. The average Bonchev–Trinajstić information content (AvgIpc) is 2.65. The van der Waals surface area contributed by atoms with Crippen molar-refractivity contribution in [2.45, 2.75) is 4.90 Å². The molecule has 0 saturated heterocycles. The summed E-state index contributed by atoms with van der Waals surface area (Å²) in [6.45, 7) is 0. The molecule has 0 fully saturated rings. The van der Waals surface area contributed by atoms with Crippen LogP contribution in [0.15, 0.2) is 50.5 Å². The molecule has 1 aliphatic rings. The number of allylic oxidation sites excluding steroid dienone is 2. The van der Waals surface area contributed by atoms with Gasteiger partial charge in [-0.15, -0.1) is 0 Å². The van der Waals surface area contributed by atoms with Crippen LogP contribution in [0.25, 0.3) is 0 Å². The summed E-state index contributed by atoms with van der Waals surface area (Å²) in [5.74, 6) is 0. The number of halogens is 1. The second-order valence-corrected chi connectivity index (χ2v) is 6.42. The molecule has 1 nitrogen and oxygen atoms in total. The highest BCUT2D eigenvalue weighted by molar-refractivity contribution is 9.14. The van der Waals surface area contributed by atoms with E-state index in [1.54, 1.807) is 0 Å². The highest BCUT2D eigenvalue weighted by Crippen LogP contribution is 2.51. The van der Waals surface area contributed by atoms with Gasteiger partial charge >= 0.3 is 0 Å². The standard InChI is InChI=1S/C11H9BrOS/c12-11-5-2-6-14(11)10-4-1-3-9(7-10)8-13/h1-8,14H. The molecule has 72 valence electrons. The van der Waals surface area contributed by atoms with Crippen LogP contribution in [0.4, 0.5) is 0 Å². The summed E-state index contributed by atoms with van der Waals surface area (Å²) < 4.78 is 1.20. The summed E-state index contributed by atoms with van der Waals surface area (Å²) in [5.41, 5.74) is 0.741. The minimum atomic E-state index is -0.385. The topological polar surface area (TPSA) is 17.1 Å². The molecule has 2 rings (SSSR count). The lowest BCUT2D eigenvalue weighted by atomic mass is 10.2. The molecule has 3 heteroatoms. The van der Waals surface area contributed by atoms with Crippen LogP contribution in [-0.4, -0.2) is 6.29 Å². The molecule has 1 aromatic rings. The van der Waals surface area contributed by atoms with Crippen molar-refractivity contribution >= 4 is 33.1 Å². The molecular formula is C11H9BrOS. The van der Waals surface area contributed by atoms with Crippen molar-refractivity contribution in [2.24, 2.45) is 0 Å². The van der Waals surface area contributed by atoms with Gasteiger partial charge in [0, 0.05) is 9.38 Å². The van der Waals surface area contributed by atoms with Crippen LogP contribution < -0.4 is 0 Å². The van der Waals surface area contributed by atoms with Crippen molar-refractivity contribution in [2.75, 3.05) is 0 Å². The third kappa shape index (κ3) is 1.83. The van der Waals surface area contributed by atoms with Gasteiger partial charge in [-0.2, -0.15) is 10.9 Å². The minimum Gasteiger partial charge on any atom is -0.298 e. The molecular weight excluding hydrogens is 260 g/mol. The maximum atomic E-state index is 10.6. The van der Waals surface area contributed by atoms with E-state index >= 15 is 0 Å². The van der Waals surface area contributed by atoms with Crippen molar-refractivity contribution in [1.82, 2.24) is 0 Å². The van der Waals surface area contributed by atoms with Gasteiger partial charge in [-0.1, -0.05) is 18.2 Å². The van der Waals surface area contributed by atoms with Gasteiger partial charge in [-0.05, 0) is 44.4 Å². The number of carbonyl (C=O) groups is 1. The quantitative estimate of drug-likeness (QED) is 0.641. The third-order valence-electron chi connectivity index (χ3n) is 1.98. The van der Waals surface area contributed by atoms with E-state index in [0.29, 0.717) is 0 Å². The average molecular weight is 269 g/mol. The Morgan fingerprint density at radius 2 is 2.21 bits per heavy atom. The van der Waals surface area contributed by atoms with E-state index in [4.69, 9.17) is 0 Å². The van der Waals surface area contributed by atoms with Crippen LogP contribution in [-0.2, 0) is 0 Å². The molecule has 1 aliphatic heterocycles. The molecule has 0 aromatic heterocycles. The SMILES string of the molecule is O=Cc1cccc([SH]2C=CC=C2Br)c1. The predicted octanol–water partition coefficient (Wildman–Crippen LogP) is 3.62. The second kappa shape index (κ2) is 4.15. The summed E-state index contributed by atoms with van der Waals surface area (Å²) >= 11 is 3.53. The number of thiol groups is 1. The van der Waals surface area contributed by atoms with Crippen LogP contribution in [0.1, 0.15) is 10.4 Å². The zero-order valence-corrected chi connectivity index (χ0v) is 9.83. The third-order valence-corrected chi connectivity index (χ3v) is 5.31. The van der Waals surface area contributed by atoms with Gasteiger partial charge in [0.2, 0.25) is 0 Å². The maximum Gasteiger partial charge on any atom is 0.150 e. The summed E-state index contributed by atoms with van der Waals surface area (Å²) in [7, 11) is -0.385. The molecule has 14 heavy (non-hydrogen) atoms. The summed E-state index contributed by atoms with van der Waals surface area (Å²) in [4.78, 5) is 11.8. The van der Waals surface area contributed by atoms with Gasteiger partial charge < -0.3 is 0 Å². The Balaban J connectivity index is 2.37. The highest BCUT2D eigenvalue weighted by atomic mass is 79.9. The van der Waals surface area contributed by atoms with E-state index in [0.717, 1.165) is 11.8 Å². The Kier molecular flexibility index (Phi) is 2.89. The first-order chi connectivity index (χ1) is 6.81. The van der Waals surface area contributed by atoms with Gasteiger partial charge in [0.1, 0.15) is 6.29 Å².